The molecule has 0 N–H and O–H groups in total. The second-order valence-corrected chi connectivity index (χ2v) is 9.74. The average Bonchev–Trinajstić information content (AvgIpc) is 2.81. The van der Waals surface area contributed by atoms with E-state index in [1.165, 1.54) is 37.8 Å². The van der Waals surface area contributed by atoms with E-state index < -0.39 is 29.9 Å². The van der Waals surface area contributed by atoms with Gasteiger partial charge in [-0.05, 0) is 85.3 Å². The number of alkyl halides is 2. The third-order valence-corrected chi connectivity index (χ3v) is 7.15. The zero-order valence-corrected chi connectivity index (χ0v) is 20.5. The van der Waals surface area contributed by atoms with Crippen LogP contribution in [0.25, 0.3) is 0 Å². The Morgan fingerprint density at radius 3 is 2.26 bits per heavy atom. The molecule has 188 valence electrons. The Morgan fingerprint density at radius 2 is 1.62 bits per heavy atom. The van der Waals surface area contributed by atoms with Gasteiger partial charge in [0.05, 0.1) is 12.2 Å². The highest BCUT2D eigenvalue weighted by Crippen LogP contribution is 2.39. The number of aryl methyl sites for hydroxylation is 1. The van der Waals surface area contributed by atoms with Crippen LogP contribution in [0, 0.1) is 17.6 Å². The lowest BCUT2D eigenvalue weighted by atomic mass is 9.77. The summed E-state index contributed by atoms with van der Waals surface area (Å²) in [5, 5.41) is 0. The second-order valence-electron chi connectivity index (χ2n) is 9.74. The maximum absolute atomic E-state index is 14.7. The predicted octanol–water partition coefficient (Wildman–Crippen LogP) is 9.08. The molecule has 0 atom stereocenters. The molecule has 3 rings (SSSR count). The first kappa shape index (κ1) is 26.7. The normalized spacial score (nSPS) is 18.9. The van der Waals surface area contributed by atoms with Gasteiger partial charge in [0, 0.05) is 0 Å². The second kappa shape index (κ2) is 12.7. The molecule has 0 heterocycles. The van der Waals surface area contributed by atoms with Crippen molar-refractivity contribution in [3.63, 3.8) is 0 Å². The van der Waals surface area contributed by atoms with Gasteiger partial charge >= 0.3 is 6.11 Å². The highest BCUT2D eigenvalue weighted by Gasteiger charge is 2.36. The quantitative estimate of drug-likeness (QED) is 0.218. The predicted molar refractivity (Wildman–Crippen MR) is 129 cm³/mol. The number of benzene rings is 2. The highest BCUT2D eigenvalue weighted by molar-refractivity contribution is 5.29. The van der Waals surface area contributed by atoms with Gasteiger partial charge in [-0.3, -0.25) is 0 Å². The Hall–Kier alpha value is -1.88. The summed E-state index contributed by atoms with van der Waals surface area (Å²) in [6, 6.07) is 8.86. The van der Waals surface area contributed by atoms with E-state index in [-0.39, 0.29) is 12.3 Å². The van der Waals surface area contributed by atoms with Crippen LogP contribution in [0.4, 0.5) is 17.6 Å². The molecule has 0 amide bonds. The molecule has 2 aromatic rings. The van der Waals surface area contributed by atoms with E-state index in [0.29, 0.717) is 5.56 Å². The van der Waals surface area contributed by atoms with Crippen molar-refractivity contribution in [3.8, 4) is 0 Å². The summed E-state index contributed by atoms with van der Waals surface area (Å²) in [5.74, 6) is -0.410. The lowest BCUT2D eigenvalue weighted by Gasteiger charge is -2.29. The van der Waals surface area contributed by atoms with Crippen molar-refractivity contribution in [2.75, 3.05) is 6.61 Å². The van der Waals surface area contributed by atoms with Crippen LogP contribution in [0.15, 0.2) is 36.4 Å². The van der Waals surface area contributed by atoms with Crippen molar-refractivity contribution >= 4 is 0 Å². The fourth-order valence-electron chi connectivity index (χ4n) is 5.09. The summed E-state index contributed by atoms with van der Waals surface area (Å²) < 4.78 is 62.8. The lowest BCUT2D eigenvalue weighted by Crippen LogP contribution is -2.22. The smallest absolute Gasteiger partial charge is 0.316 e. The van der Waals surface area contributed by atoms with Gasteiger partial charge in [-0.15, -0.1) is 0 Å². The molecular weight excluding hydrogens is 440 g/mol. The summed E-state index contributed by atoms with van der Waals surface area (Å²) >= 11 is 0. The number of hydrogen-bond donors (Lipinski definition) is 0. The molecule has 0 saturated heterocycles. The van der Waals surface area contributed by atoms with Gasteiger partial charge in [-0.2, -0.15) is 8.78 Å². The first-order valence-corrected chi connectivity index (χ1v) is 12.9. The number of rotatable bonds is 12. The molecule has 1 aliphatic carbocycles. The zero-order valence-electron chi connectivity index (χ0n) is 20.5. The molecule has 0 aliphatic heterocycles. The zero-order chi connectivity index (χ0) is 24.6. The number of hydrogen-bond acceptors (Lipinski definition) is 1. The molecule has 1 aliphatic rings. The first-order chi connectivity index (χ1) is 16.3. The summed E-state index contributed by atoms with van der Waals surface area (Å²) in [5.41, 5.74) is 1.22. The summed E-state index contributed by atoms with van der Waals surface area (Å²) in [4.78, 5) is 0. The van der Waals surface area contributed by atoms with Crippen LogP contribution in [0.2, 0.25) is 0 Å². The minimum atomic E-state index is -3.77. The maximum Gasteiger partial charge on any atom is 0.386 e. The molecule has 0 unspecified atom stereocenters. The van der Waals surface area contributed by atoms with Crippen molar-refractivity contribution in [2.24, 2.45) is 5.92 Å². The third-order valence-electron chi connectivity index (χ3n) is 7.15. The largest absolute Gasteiger partial charge is 0.386 e. The molecule has 1 saturated carbocycles. The Balaban J connectivity index is 1.54. The van der Waals surface area contributed by atoms with E-state index in [4.69, 9.17) is 4.74 Å². The molecule has 0 bridgehead atoms. The lowest BCUT2D eigenvalue weighted by molar-refractivity contribution is -0.249. The van der Waals surface area contributed by atoms with Crippen molar-refractivity contribution in [1.82, 2.24) is 0 Å². The minimum absolute atomic E-state index is 0.00493. The van der Waals surface area contributed by atoms with Crippen molar-refractivity contribution in [1.29, 1.82) is 0 Å². The Kier molecular flexibility index (Phi) is 9.99. The van der Waals surface area contributed by atoms with E-state index >= 15 is 0 Å². The van der Waals surface area contributed by atoms with Crippen LogP contribution in [-0.4, -0.2) is 6.61 Å². The van der Waals surface area contributed by atoms with Crippen LogP contribution < -0.4 is 0 Å². The van der Waals surface area contributed by atoms with Gasteiger partial charge in [-0.25, -0.2) is 8.78 Å². The fraction of sp³-hybridized carbons (Fsp3) is 0.586. The van der Waals surface area contributed by atoms with Gasteiger partial charge in [0.25, 0.3) is 0 Å². The van der Waals surface area contributed by atoms with E-state index in [1.54, 1.807) is 18.2 Å². The van der Waals surface area contributed by atoms with Gasteiger partial charge in [-0.1, -0.05) is 64.2 Å². The van der Waals surface area contributed by atoms with E-state index in [1.807, 2.05) is 6.92 Å². The maximum atomic E-state index is 14.7. The number of ether oxygens (including phenoxy) is 1. The summed E-state index contributed by atoms with van der Waals surface area (Å²) in [6.07, 6.45) is 7.09. The topological polar surface area (TPSA) is 9.23 Å². The Labute approximate surface area is 201 Å². The first-order valence-electron chi connectivity index (χ1n) is 12.9. The molecule has 5 heteroatoms. The van der Waals surface area contributed by atoms with E-state index in [2.05, 4.69) is 6.92 Å². The summed E-state index contributed by atoms with van der Waals surface area (Å²) in [7, 11) is 0. The van der Waals surface area contributed by atoms with Crippen molar-refractivity contribution in [2.45, 2.75) is 96.5 Å². The molecule has 0 radical (unpaired) electrons. The van der Waals surface area contributed by atoms with Crippen molar-refractivity contribution in [3.05, 3.63) is 70.3 Å². The van der Waals surface area contributed by atoms with Crippen molar-refractivity contribution < 1.29 is 22.3 Å². The molecule has 2 aromatic carbocycles. The molecule has 0 spiro atoms. The van der Waals surface area contributed by atoms with Crippen LogP contribution in [0.3, 0.4) is 0 Å². The van der Waals surface area contributed by atoms with E-state index in [9.17, 15) is 17.6 Å². The van der Waals surface area contributed by atoms with Crippen LogP contribution in [0.5, 0.6) is 0 Å². The van der Waals surface area contributed by atoms with Gasteiger partial charge in [0.1, 0.15) is 11.6 Å². The fourth-order valence-corrected chi connectivity index (χ4v) is 5.09. The molecule has 1 nitrogen and oxygen atoms in total. The SMILES string of the molecule is CCCCC[C@H]1CC[C@H](c2ccc(C(F)(F)OCCc3ccc(CCC)cc3F)c(F)c2)CC1. The van der Waals surface area contributed by atoms with Crippen LogP contribution in [-0.2, 0) is 23.7 Å². The van der Waals surface area contributed by atoms with Gasteiger partial charge in [0.2, 0.25) is 0 Å². The van der Waals surface area contributed by atoms with Crippen LogP contribution in [0.1, 0.15) is 99.8 Å². The third kappa shape index (κ3) is 7.31. The number of halogens is 4. The summed E-state index contributed by atoms with van der Waals surface area (Å²) in [6.45, 7) is 3.81. The molecular formula is C29H38F4O. The van der Waals surface area contributed by atoms with Gasteiger partial charge < -0.3 is 4.74 Å². The molecule has 0 aromatic heterocycles. The molecule has 1 fully saturated rings. The highest BCUT2D eigenvalue weighted by atomic mass is 19.3. The number of unbranched alkanes of at least 4 members (excludes halogenated alkanes) is 2. The Morgan fingerprint density at radius 1 is 0.853 bits per heavy atom. The minimum Gasteiger partial charge on any atom is -0.316 e. The van der Waals surface area contributed by atoms with E-state index in [0.717, 1.165) is 61.6 Å². The average molecular weight is 479 g/mol. The monoisotopic (exact) mass is 478 g/mol. The van der Waals surface area contributed by atoms with Gasteiger partial charge in [0.15, 0.2) is 0 Å². The molecule has 34 heavy (non-hydrogen) atoms. The van der Waals surface area contributed by atoms with Crippen LogP contribution >= 0.6 is 0 Å². The Bertz CT molecular complexity index is 903. The standard InChI is InChI=1S/C29H38F4O/c1-3-5-6-8-21-9-12-23(13-10-21)25-15-16-26(28(31)20-25)29(32,33)34-18-17-24-14-11-22(7-4-2)19-27(24)30/h11,14-16,19-21,23H,3-10,12-13,17-18H2,1-2H3/t21-,23-.